The minimum Gasteiger partial charge on any atom is -0.508 e. The van der Waals surface area contributed by atoms with Gasteiger partial charge in [-0.25, -0.2) is 0 Å². The minimum absolute atomic E-state index is 0. The van der Waals surface area contributed by atoms with Gasteiger partial charge in [-0.3, -0.25) is 9.11 Å². The van der Waals surface area contributed by atoms with E-state index in [0.29, 0.717) is 12.2 Å². The molecule has 33 heavy (non-hydrogen) atoms. The van der Waals surface area contributed by atoms with Gasteiger partial charge in [0, 0.05) is 0 Å². The molecule has 9 nitrogen and oxygen atoms in total. The standard InChI is InChI=1S/C18H30O.C5H12O2.2H3N.H2O4S/c1-4-7-10-15-13-14-18(19)17(12-9-6-3)16(15)11-8-5-2;1-2-3-4-5(6)7;;;1-5(2,3)4/h13-14,19H,4-12H2,1-3H3;5-7H,2-4H2,1H3;2*1H3;(H2,1,2,3,4). The SMILES string of the molecule is CCCCC(O)O.CCCCc1ccc(O)c(CCCC)c1CCCC.N.N.O=S(=O)(O)O. The van der Waals surface area contributed by atoms with Crippen LogP contribution in [0.15, 0.2) is 12.1 Å². The first kappa shape index (κ1) is 39.0. The van der Waals surface area contributed by atoms with Crippen LogP contribution in [-0.2, 0) is 29.7 Å². The highest BCUT2D eigenvalue weighted by Crippen LogP contribution is 2.29. The fourth-order valence-electron chi connectivity index (χ4n) is 3.01. The summed E-state index contributed by atoms with van der Waals surface area (Å²) in [7, 11) is -4.67. The van der Waals surface area contributed by atoms with Gasteiger partial charge in [-0.2, -0.15) is 8.42 Å². The first-order valence-corrected chi connectivity index (χ1v) is 12.8. The predicted molar refractivity (Wildman–Crippen MR) is 136 cm³/mol. The average Bonchev–Trinajstić information content (AvgIpc) is 2.68. The summed E-state index contributed by atoms with van der Waals surface area (Å²) in [6.45, 7) is 8.70. The highest BCUT2D eigenvalue weighted by molar-refractivity contribution is 7.79. The largest absolute Gasteiger partial charge is 0.508 e. The Kier molecular flexibility index (Phi) is 28.2. The third-order valence-electron chi connectivity index (χ3n) is 4.68. The Morgan fingerprint density at radius 1 is 0.727 bits per heavy atom. The summed E-state index contributed by atoms with van der Waals surface area (Å²) in [5.41, 5.74) is 4.15. The van der Waals surface area contributed by atoms with Crippen LogP contribution in [0.5, 0.6) is 5.75 Å². The van der Waals surface area contributed by atoms with Crippen molar-refractivity contribution in [2.75, 3.05) is 0 Å². The molecule has 200 valence electrons. The molecule has 0 spiro atoms. The van der Waals surface area contributed by atoms with E-state index in [9.17, 15) is 5.11 Å². The predicted octanol–water partition coefficient (Wildman–Crippen LogP) is 5.58. The fourth-order valence-corrected chi connectivity index (χ4v) is 3.01. The maximum atomic E-state index is 10.2. The minimum atomic E-state index is -4.67. The molecule has 0 atom stereocenters. The number of aliphatic hydroxyl groups excluding tert-OH is 1. The first-order chi connectivity index (χ1) is 14.5. The molecule has 0 aliphatic rings. The number of hydrogen-bond acceptors (Lipinski definition) is 7. The number of benzene rings is 1. The van der Waals surface area contributed by atoms with E-state index in [-0.39, 0.29) is 12.3 Å². The number of rotatable bonds is 12. The molecule has 0 fully saturated rings. The van der Waals surface area contributed by atoms with Gasteiger partial charge in [-0.1, -0.05) is 59.4 Å². The zero-order valence-electron chi connectivity index (χ0n) is 21.1. The van der Waals surface area contributed by atoms with E-state index in [1.807, 2.05) is 13.0 Å². The van der Waals surface area contributed by atoms with Crippen molar-refractivity contribution < 1.29 is 32.8 Å². The Labute approximate surface area is 201 Å². The number of unbranched alkanes of at least 4 members (excludes halogenated alkanes) is 4. The summed E-state index contributed by atoms with van der Waals surface area (Å²) in [6.07, 6.45) is 11.9. The molecule has 1 rings (SSSR count). The van der Waals surface area contributed by atoms with Crippen LogP contribution in [0.25, 0.3) is 0 Å². The van der Waals surface area contributed by atoms with Crippen LogP contribution in [0.2, 0.25) is 0 Å². The van der Waals surface area contributed by atoms with Gasteiger partial charge < -0.3 is 27.6 Å². The average molecular weight is 499 g/mol. The maximum absolute atomic E-state index is 10.2. The molecule has 0 amide bonds. The van der Waals surface area contributed by atoms with Crippen molar-refractivity contribution in [2.24, 2.45) is 0 Å². The Morgan fingerprint density at radius 3 is 1.48 bits per heavy atom. The zero-order valence-corrected chi connectivity index (χ0v) is 21.9. The van der Waals surface area contributed by atoms with E-state index < -0.39 is 16.7 Å². The lowest BCUT2D eigenvalue weighted by Gasteiger charge is -2.16. The molecule has 0 radical (unpaired) electrons. The van der Waals surface area contributed by atoms with Crippen LogP contribution in [-0.4, -0.2) is 39.1 Å². The lowest BCUT2D eigenvalue weighted by atomic mass is 9.90. The number of phenolic OH excluding ortho intramolecular Hbond substituents is 1. The molecular formula is C23H50N2O7S. The summed E-state index contributed by atoms with van der Waals surface area (Å²) >= 11 is 0. The monoisotopic (exact) mass is 498 g/mol. The molecule has 0 unspecified atom stereocenters. The summed E-state index contributed by atoms with van der Waals surface area (Å²) in [6, 6.07) is 4.05. The normalized spacial score (nSPS) is 10.2. The second kappa shape index (κ2) is 23.9. The van der Waals surface area contributed by atoms with Crippen LogP contribution in [0, 0.1) is 0 Å². The Bertz CT molecular complexity index is 661. The number of hydrogen-bond donors (Lipinski definition) is 7. The highest BCUT2D eigenvalue weighted by Gasteiger charge is 2.12. The van der Waals surface area contributed by atoms with Crippen molar-refractivity contribution in [3.63, 3.8) is 0 Å². The van der Waals surface area contributed by atoms with Crippen molar-refractivity contribution in [1.82, 2.24) is 12.3 Å². The quantitative estimate of drug-likeness (QED) is 0.141. The smallest absolute Gasteiger partial charge is 0.394 e. The molecule has 0 saturated carbocycles. The second-order valence-corrected chi connectivity index (χ2v) is 8.48. The second-order valence-electron chi connectivity index (χ2n) is 7.58. The van der Waals surface area contributed by atoms with Gasteiger partial charge in [-0.05, 0) is 74.1 Å². The van der Waals surface area contributed by atoms with E-state index in [1.54, 1.807) is 0 Å². The topological polar surface area (TPSA) is 205 Å². The molecule has 1 aromatic rings. The molecule has 1 aromatic carbocycles. The molecule has 0 aliphatic carbocycles. The van der Waals surface area contributed by atoms with Crippen LogP contribution in [0.1, 0.15) is 102 Å². The van der Waals surface area contributed by atoms with E-state index in [4.69, 9.17) is 27.7 Å². The van der Waals surface area contributed by atoms with E-state index in [0.717, 1.165) is 32.1 Å². The third kappa shape index (κ3) is 25.2. The van der Waals surface area contributed by atoms with Crippen LogP contribution >= 0.6 is 0 Å². The van der Waals surface area contributed by atoms with Crippen LogP contribution in [0.4, 0.5) is 0 Å². The lowest BCUT2D eigenvalue weighted by molar-refractivity contribution is -0.0463. The van der Waals surface area contributed by atoms with Gasteiger partial charge in [0.25, 0.3) is 0 Å². The van der Waals surface area contributed by atoms with Crippen molar-refractivity contribution in [3.8, 4) is 5.75 Å². The summed E-state index contributed by atoms with van der Waals surface area (Å²) < 4.78 is 31.6. The van der Waals surface area contributed by atoms with E-state index in [1.165, 1.54) is 55.2 Å². The molecule has 11 N–H and O–H groups in total. The van der Waals surface area contributed by atoms with Crippen LogP contribution < -0.4 is 12.3 Å². The van der Waals surface area contributed by atoms with Gasteiger partial charge in [0.1, 0.15) is 5.75 Å². The molecule has 0 saturated heterocycles. The summed E-state index contributed by atoms with van der Waals surface area (Å²) in [4.78, 5) is 0. The number of phenols is 1. The maximum Gasteiger partial charge on any atom is 0.394 e. The van der Waals surface area contributed by atoms with Crippen molar-refractivity contribution in [3.05, 3.63) is 28.8 Å². The van der Waals surface area contributed by atoms with Crippen molar-refractivity contribution >= 4 is 10.4 Å². The van der Waals surface area contributed by atoms with Crippen LogP contribution in [0.3, 0.4) is 0 Å². The molecular weight excluding hydrogens is 448 g/mol. The Hall–Kier alpha value is -1.27. The molecule has 0 aromatic heterocycles. The van der Waals surface area contributed by atoms with Gasteiger partial charge in [0.15, 0.2) is 6.29 Å². The summed E-state index contributed by atoms with van der Waals surface area (Å²) in [5.74, 6) is 0.514. The molecule has 0 aliphatic heterocycles. The van der Waals surface area contributed by atoms with E-state index in [2.05, 4.69) is 26.8 Å². The van der Waals surface area contributed by atoms with Gasteiger partial charge in [-0.15, -0.1) is 0 Å². The van der Waals surface area contributed by atoms with Gasteiger partial charge in [0.05, 0.1) is 0 Å². The van der Waals surface area contributed by atoms with Gasteiger partial charge in [0.2, 0.25) is 0 Å². The molecule has 0 bridgehead atoms. The van der Waals surface area contributed by atoms with Crippen molar-refractivity contribution in [2.45, 2.75) is 111 Å². The number of aryl methyl sites for hydroxylation is 1. The Balaban J connectivity index is -0.000000251. The fraction of sp³-hybridized carbons (Fsp3) is 0.739. The first-order valence-electron chi connectivity index (χ1n) is 11.4. The molecule has 10 heteroatoms. The zero-order chi connectivity index (χ0) is 24.3. The summed E-state index contributed by atoms with van der Waals surface area (Å²) in [5, 5.41) is 26.6. The van der Waals surface area contributed by atoms with Crippen molar-refractivity contribution in [1.29, 1.82) is 0 Å². The van der Waals surface area contributed by atoms with E-state index >= 15 is 0 Å². The number of aromatic hydroxyl groups is 1. The Morgan fingerprint density at radius 2 is 1.12 bits per heavy atom. The third-order valence-corrected chi connectivity index (χ3v) is 4.68. The van der Waals surface area contributed by atoms with Gasteiger partial charge >= 0.3 is 10.4 Å². The molecule has 0 heterocycles. The highest BCUT2D eigenvalue weighted by atomic mass is 32.3. The lowest BCUT2D eigenvalue weighted by Crippen LogP contribution is -2.02. The number of aliphatic hydroxyl groups is 2.